The van der Waals surface area contributed by atoms with E-state index in [1.54, 1.807) is 32.5 Å². The minimum atomic E-state index is -1.09. The molecular weight excluding hydrogens is 522 g/mol. The van der Waals surface area contributed by atoms with Gasteiger partial charge in [0.05, 0.1) is 4.75 Å². The summed E-state index contributed by atoms with van der Waals surface area (Å²) in [4.78, 5) is 24.3. The molecule has 0 radical (unpaired) electrons. The summed E-state index contributed by atoms with van der Waals surface area (Å²) in [5, 5.41) is 14.4. The van der Waals surface area contributed by atoms with E-state index in [0.29, 0.717) is 12.2 Å². The number of benzene rings is 3. The second-order valence-corrected chi connectivity index (χ2v) is 12.3. The van der Waals surface area contributed by atoms with Gasteiger partial charge in [0.1, 0.15) is 22.8 Å². The first kappa shape index (κ1) is 27.6. The average molecular weight is 556 g/mol. The lowest BCUT2D eigenvalue weighted by molar-refractivity contribution is -0.139. The van der Waals surface area contributed by atoms with Gasteiger partial charge in [0, 0.05) is 16.3 Å². The van der Waals surface area contributed by atoms with Gasteiger partial charge in [-0.15, -0.1) is 11.8 Å². The van der Waals surface area contributed by atoms with E-state index in [9.17, 15) is 14.7 Å². The second kappa shape index (κ2) is 11.3. The molecule has 0 saturated carbocycles. The molecule has 0 saturated heterocycles. The molecule has 3 aromatic carbocycles. The Balaban J connectivity index is 1.45. The number of hydrogen-bond donors (Lipinski definition) is 2. The third-order valence-corrected chi connectivity index (χ3v) is 8.36. The number of amides is 1. The number of para-hydroxylation sites is 2. The van der Waals surface area contributed by atoms with E-state index in [4.69, 9.17) is 9.15 Å². The highest BCUT2D eigenvalue weighted by atomic mass is 32.2. The lowest BCUT2D eigenvalue weighted by Gasteiger charge is -2.33. The van der Waals surface area contributed by atoms with Crippen LogP contribution in [0.15, 0.2) is 95.4 Å². The van der Waals surface area contributed by atoms with Crippen LogP contribution in [0.25, 0.3) is 27.5 Å². The molecular formula is C33H33NO5S. The second-order valence-electron chi connectivity index (χ2n) is 10.9. The number of thioether (sulfide) groups is 1. The summed E-state index contributed by atoms with van der Waals surface area (Å²) in [7, 11) is 0. The molecule has 4 aromatic rings. The third-order valence-electron chi connectivity index (χ3n) is 6.88. The fraction of sp³-hybridized carbons (Fsp3) is 0.273. The Morgan fingerprint density at radius 3 is 2.45 bits per heavy atom. The number of aliphatic carboxylic acids is 1. The van der Waals surface area contributed by atoms with Gasteiger partial charge in [0.15, 0.2) is 0 Å². The van der Waals surface area contributed by atoms with Crippen molar-refractivity contribution in [3.8, 4) is 0 Å². The van der Waals surface area contributed by atoms with Gasteiger partial charge in [-0.1, -0.05) is 85.0 Å². The van der Waals surface area contributed by atoms with Gasteiger partial charge >= 0.3 is 12.1 Å². The van der Waals surface area contributed by atoms with Crippen molar-refractivity contribution in [2.24, 2.45) is 0 Å². The van der Waals surface area contributed by atoms with Crippen LogP contribution < -0.4 is 5.32 Å². The SMILES string of the molecule is CC(C)(C)OC(=O)NC(CCSC1(c2cccc3c2oc2ccccc23)C=CC(c2ccccc2)=CC1)C(=O)O. The van der Waals surface area contributed by atoms with Crippen LogP contribution in [0.5, 0.6) is 0 Å². The number of hydrogen-bond acceptors (Lipinski definition) is 5. The van der Waals surface area contributed by atoms with Gasteiger partial charge in [-0.05, 0) is 56.6 Å². The lowest BCUT2D eigenvalue weighted by atomic mass is 9.86. The number of carbonyl (C=O) groups is 2. The van der Waals surface area contributed by atoms with Gasteiger partial charge in [0.2, 0.25) is 0 Å². The molecule has 2 N–H and O–H groups in total. The summed E-state index contributed by atoms with van der Waals surface area (Å²) in [6.07, 6.45) is 6.78. The largest absolute Gasteiger partial charge is 0.480 e. The fourth-order valence-electron chi connectivity index (χ4n) is 5.00. The normalized spacial score (nSPS) is 17.9. The average Bonchev–Trinajstić information content (AvgIpc) is 3.31. The fourth-order valence-corrected chi connectivity index (χ4v) is 6.40. The van der Waals surface area contributed by atoms with Crippen LogP contribution in [0.1, 0.15) is 44.7 Å². The van der Waals surface area contributed by atoms with E-state index in [-0.39, 0.29) is 6.42 Å². The minimum Gasteiger partial charge on any atom is -0.480 e. The molecule has 0 aliphatic heterocycles. The van der Waals surface area contributed by atoms with Gasteiger partial charge in [-0.25, -0.2) is 9.59 Å². The lowest BCUT2D eigenvalue weighted by Crippen LogP contribution is -2.43. The highest BCUT2D eigenvalue weighted by Crippen LogP contribution is 2.49. The van der Waals surface area contributed by atoms with Crippen molar-refractivity contribution in [2.45, 2.75) is 50.0 Å². The molecule has 0 spiro atoms. The zero-order valence-electron chi connectivity index (χ0n) is 22.8. The number of carboxylic acids is 1. The minimum absolute atomic E-state index is 0.236. The van der Waals surface area contributed by atoms with Crippen molar-refractivity contribution in [3.05, 3.63) is 102 Å². The van der Waals surface area contributed by atoms with Gasteiger partial charge < -0.3 is 19.6 Å². The van der Waals surface area contributed by atoms with E-state index in [2.05, 4.69) is 59.9 Å². The predicted molar refractivity (Wildman–Crippen MR) is 161 cm³/mol. The first-order chi connectivity index (χ1) is 19.2. The van der Waals surface area contributed by atoms with Crippen molar-refractivity contribution in [2.75, 3.05) is 5.75 Å². The molecule has 1 aliphatic carbocycles. The molecule has 6 nitrogen and oxygen atoms in total. The maximum Gasteiger partial charge on any atom is 0.408 e. The molecule has 1 heterocycles. The summed E-state index contributed by atoms with van der Waals surface area (Å²) in [6.45, 7) is 5.23. The first-order valence-corrected chi connectivity index (χ1v) is 14.4. The van der Waals surface area contributed by atoms with Gasteiger partial charge in [0.25, 0.3) is 0 Å². The topological polar surface area (TPSA) is 88.8 Å². The quantitative estimate of drug-likeness (QED) is 0.230. The zero-order chi connectivity index (χ0) is 28.3. The monoisotopic (exact) mass is 555 g/mol. The number of ether oxygens (including phenoxy) is 1. The number of rotatable bonds is 8. The number of nitrogens with one attached hydrogen (secondary N) is 1. The van der Waals surface area contributed by atoms with Crippen molar-refractivity contribution >= 4 is 51.3 Å². The Hall–Kier alpha value is -3.97. The van der Waals surface area contributed by atoms with Gasteiger partial charge in [-0.2, -0.15) is 0 Å². The molecule has 2 atom stereocenters. The van der Waals surface area contributed by atoms with E-state index in [0.717, 1.165) is 38.6 Å². The van der Waals surface area contributed by atoms with Crippen LogP contribution in [0, 0.1) is 0 Å². The Morgan fingerprint density at radius 2 is 1.75 bits per heavy atom. The standard InChI is InChI=1S/C33H33NO5S/c1-32(2,3)39-31(37)34-27(30(35)36)18-21-40-33(19-16-23(17-20-33)22-10-5-4-6-11-22)26-14-9-13-25-24-12-7-8-15-28(24)38-29(25)26/h4-17,19,27H,18,20-21H2,1-3H3,(H,34,37)(H,35,36). The Bertz CT molecular complexity index is 1600. The Kier molecular flexibility index (Phi) is 7.76. The molecule has 40 heavy (non-hydrogen) atoms. The number of fused-ring (bicyclic) bond motifs is 3. The number of carbonyl (C=O) groups excluding carboxylic acids is 1. The van der Waals surface area contributed by atoms with Crippen LogP contribution >= 0.6 is 11.8 Å². The first-order valence-electron chi connectivity index (χ1n) is 13.4. The van der Waals surface area contributed by atoms with Crippen LogP contribution in [-0.4, -0.2) is 34.6 Å². The highest BCUT2D eigenvalue weighted by molar-refractivity contribution is 8.00. The van der Waals surface area contributed by atoms with Crippen molar-refractivity contribution < 1.29 is 23.8 Å². The van der Waals surface area contributed by atoms with Crippen molar-refractivity contribution in [1.82, 2.24) is 5.32 Å². The molecule has 1 aromatic heterocycles. The summed E-state index contributed by atoms with van der Waals surface area (Å²) in [5.41, 5.74) is 4.28. The molecule has 1 aliphatic rings. The molecule has 5 rings (SSSR count). The predicted octanol–water partition coefficient (Wildman–Crippen LogP) is 7.93. The molecule has 2 unspecified atom stereocenters. The van der Waals surface area contributed by atoms with E-state index in [1.807, 2.05) is 36.4 Å². The number of allylic oxidation sites excluding steroid dienone is 3. The van der Waals surface area contributed by atoms with Crippen LogP contribution in [0.3, 0.4) is 0 Å². The Labute approximate surface area is 238 Å². The summed E-state index contributed by atoms with van der Waals surface area (Å²) >= 11 is 1.66. The third kappa shape index (κ3) is 5.94. The molecule has 7 heteroatoms. The highest BCUT2D eigenvalue weighted by Gasteiger charge is 2.35. The van der Waals surface area contributed by atoms with Crippen molar-refractivity contribution in [1.29, 1.82) is 0 Å². The van der Waals surface area contributed by atoms with E-state index < -0.39 is 28.5 Å². The van der Waals surface area contributed by atoms with Crippen LogP contribution in [-0.2, 0) is 14.3 Å². The van der Waals surface area contributed by atoms with Gasteiger partial charge in [-0.3, -0.25) is 0 Å². The number of carboxylic acid groups (broad SMARTS) is 1. The molecule has 0 bridgehead atoms. The van der Waals surface area contributed by atoms with E-state index >= 15 is 0 Å². The summed E-state index contributed by atoms with van der Waals surface area (Å²) in [5.74, 6) is -0.604. The number of alkyl carbamates (subject to hydrolysis) is 1. The maximum absolute atomic E-state index is 12.3. The number of furan rings is 1. The van der Waals surface area contributed by atoms with E-state index in [1.165, 1.54) is 0 Å². The zero-order valence-corrected chi connectivity index (χ0v) is 23.7. The molecule has 206 valence electrons. The van der Waals surface area contributed by atoms with Crippen molar-refractivity contribution in [3.63, 3.8) is 0 Å². The maximum atomic E-state index is 12.3. The smallest absolute Gasteiger partial charge is 0.408 e. The summed E-state index contributed by atoms with van der Waals surface area (Å²) < 4.78 is 11.2. The Morgan fingerprint density at radius 1 is 1.02 bits per heavy atom. The van der Waals surface area contributed by atoms with Crippen LogP contribution in [0.4, 0.5) is 4.79 Å². The van der Waals surface area contributed by atoms with Crippen LogP contribution in [0.2, 0.25) is 0 Å². The summed E-state index contributed by atoms with van der Waals surface area (Å²) in [6, 6.07) is 23.4. The molecule has 0 fully saturated rings. The molecule has 1 amide bonds.